The molecule has 12 heteroatoms. The normalized spacial score (nSPS) is 14.4. The molecule has 0 radical (unpaired) electrons. The largest absolute Gasteiger partial charge is 0.573 e. The first-order valence-electron chi connectivity index (χ1n) is 12.9. The number of benzene rings is 1. The summed E-state index contributed by atoms with van der Waals surface area (Å²) in [5.41, 5.74) is 4.51. The second-order valence-electron chi connectivity index (χ2n) is 9.53. The zero-order chi connectivity index (χ0) is 28.3. The quantitative estimate of drug-likeness (QED) is 0.296. The minimum Gasteiger partial charge on any atom is -0.406 e. The van der Waals surface area contributed by atoms with Gasteiger partial charge in [0.15, 0.2) is 5.78 Å². The van der Waals surface area contributed by atoms with Gasteiger partial charge < -0.3 is 14.5 Å². The zero-order valence-electron chi connectivity index (χ0n) is 22.1. The van der Waals surface area contributed by atoms with Crippen LogP contribution in [0.2, 0.25) is 0 Å². The second kappa shape index (κ2) is 11.4. The number of ketones is 1. The van der Waals surface area contributed by atoms with Gasteiger partial charge in [-0.25, -0.2) is 4.68 Å². The molecule has 40 heavy (non-hydrogen) atoms. The minimum atomic E-state index is -4.84. The number of piperazine rings is 1. The number of ether oxygens (including phenoxy) is 1. The fourth-order valence-electron chi connectivity index (χ4n) is 4.62. The van der Waals surface area contributed by atoms with Crippen molar-refractivity contribution in [3.63, 3.8) is 0 Å². The summed E-state index contributed by atoms with van der Waals surface area (Å²) in [6.07, 6.45) is 2.05. The first kappa shape index (κ1) is 27.3. The van der Waals surface area contributed by atoms with Crippen molar-refractivity contribution in [2.45, 2.75) is 26.6 Å². The third kappa shape index (κ3) is 6.45. The van der Waals surface area contributed by atoms with E-state index in [4.69, 9.17) is 0 Å². The molecule has 9 nitrogen and oxygen atoms in total. The summed E-state index contributed by atoms with van der Waals surface area (Å²) in [4.78, 5) is 26.4. The summed E-state index contributed by atoms with van der Waals surface area (Å²) in [7, 11) is 0. The van der Waals surface area contributed by atoms with Crippen molar-refractivity contribution < 1.29 is 22.7 Å². The standard InChI is InChI=1S/C28H28F3N7O2/c1-3-36-7-9-37(10-8-36)23-13-22(16-32-17-23)25-18-38(35-34-25)26-11-20(15-33-19(26)2)12-27(39)21-5-4-6-24(14-21)40-28(29,30)31/h4-6,11,13-18H,3,7-10,12H2,1-2H3. The highest BCUT2D eigenvalue weighted by Gasteiger charge is 2.31. The molecule has 1 saturated heterocycles. The van der Waals surface area contributed by atoms with Gasteiger partial charge in [0.05, 0.1) is 29.5 Å². The smallest absolute Gasteiger partial charge is 0.406 e. The molecule has 0 aliphatic carbocycles. The van der Waals surface area contributed by atoms with Crippen molar-refractivity contribution in [3.05, 3.63) is 78.0 Å². The molecular formula is C28H28F3N7O2. The Kier molecular flexibility index (Phi) is 7.78. The average Bonchev–Trinajstić information content (AvgIpc) is 3.44. The number of rotatable bonds is 8. The molecule has 0 amide bonds. The van der Waals surface area contributed by atoms with Crippen LogP contribution in [0.25, 0.3) is 16.9 Å². The summed E-state index contributed by atoms with van der Waals surface area (Å²) in [6.45, 7) is 8.91. The molecule has 0 saturated carbocycles. The number of aromatic nitrogens is 5. The number of aryl methyl sites for hydroxylation is 1. The lowest BCUT2D eigenvalue weighted by atomic mass is 10.0. The minimum absolute atomic E-state index is 0.0609. The van der Waals surface area contributed by atoms with Gasteiger partial charge in [-0.2, -0.15) is 0 Å². The van der Waals surface area contributed by atoms with E-state index in [-0.39, 0.29) is 17.8 Å². The summed E-state index contributed by atoms with van der Waals surface area (Å²) in [6, 6.07) is 8.85. The molecule has 208 valence electrons. The summed E-state index contributed by atoms with van der Waals surface area (Å²) in [5.74, 6) is -0.816. The summed E-state index contributed by atoms with van der Waals surface area (Å²) < 4.78 is 43.2. The van der Waals surface area contributed by atoms with Crippen LogP contribution < -0.4 is 9.64 Å². The molecular weight excluding hydrogens is 523 g/mol. The Balaban J connectivity index is 1.32. The van der Waals surface area contributed by atoms with Gasteiger partial charge in [0.1, 0.15) is 11.4 Å². The van der Waals surface area contributed by atoms with E-state index in [0.29, 0.717) is 22.6 Å². The van der Waals surface area contributed by atoms with E-state index in [1.54, 1.807) is 29.3 Å². The van der Waals surface area contributed by atoms with E-state index in [9.17, 15) is 18.0 Å². The number of carbonyl (C=O) groups excluding carboxylic acids is 1. The Hall–Kier alpha value is -4.32. The van der Waals surface area contributed by atoms with Crippen LogP contribution in [0.15, 0.2) is 61.2 Å². The van der Waals surface area contributed by atoms with E-state index in [1.807, 2.05) is 13.1 Å². The van der Waals surface area contributed by atoms with E-state index in [0.717, 1.165) is 56.1 Å². The molecule has 1 aliphatic rings. The van der Waals surface area contributed by atoms with E-state index in [1.165, 1.54) is 12.1 Å². The number of nitrogens with zero attached hydrogens (tertiary/aromatic N) is 7. The Labute approximate surface area is 229 Å². The average molecular weight is 552 g/mol. The molecule has 0 N–H and O–H groups in total. The third-order valence-corrected chi connectivity index (χ3v) is 6.82. The highest BCUT2D eigenvalue weighted by molar-refractivity contribution is 5.97. The number of likely N-dealkylation sites (N-methyl/N-ethyl adjacent to an activating group) is 1. The highest BCUT2D eigenvalue weighted by atomic mass is 19.4. The van der Waals surface area contributed by atoms with Crippen molar-refractivity contribution in [2.75, 3.05) is 37.6 Å². The van der Waals surface area contributed by atoms with Gasteiger partial charge in [-0.3, -0.25) is 14.8 Å². The highest BCUT2D eigenvalue weighted by Crippen LogP contribution is 2.26. The topological polar surface area (TPSA) is 89.3 Å². The molecule has 4 aromatic rings. The second-order valence-corrected chi connectivity index (χ2v) is 9.53. The van der Waals surface area contributed by atoms with Crippen LogP contribution in [0.1, 0.15) is 28.5 Å². The van der Waals surface area contributed by atoms with Crippen molar-refractivity contribution in [1.82, 2.24) is 29.9 Å². The fourth-order valence-corrected chi connectivity index (χ4v) is 4.62. The predicted octanol–water partition coefficient (Wildman–Crippen LogP) is 4.50. The van der Waals surface area contributed by atoms with Crippen molar-refractivity contribution >= 4 is 11.5 Å². The number of hydrogen-bond donors (Lipinski definition) is 0. The maximum absolute atomic E-state index is 12.8. The summed E-state index contributed by atoms with van der Waals surface area (Å²) in [5, 5.41) is 8.62. The van der Waals surface area contributed by atoms with Gasteiger partial charge in [0.25, 0.3) is 0 Å². The lowest BCUT2D eigenvalue weighted by Crippen LogP contribution is -2.46. The van der Waals surface area contributed by atoms with Gasteiger partial charge in [-0.05, 0) is 43.3 Å². The Morgan fingerprint density at radius 2 is 1.85 bits per heavy atom. The molecule has 3 aromatic heterocycles. The number of Topliss-reactive ketones (excluding diaryl/α,β-unsaturated/α-hetero) is 1. The number of alkyl halides is 3. The van der Waals surface area contributed by atoms with Crippen LogP contribution in [-0.4, -0.2) is 74.7 Å². The lowest BCUT2D eigenvalue weighted by Gasteiger charge is -2.35. The van der Waals surface area contributed by atoms with E-state index < -0.39 is 12.1 Å². The lowest BCUT2D eigenvalue weighted by molar-refractivity contribution is -0.274. The Bertz CT molecular complexity index is 1500. The SMILES string of the molecule is CCN1CCN(c2cncc(-c3cn(-c4cc(CC(=O)c5cccc(OC(F)(F)F)c5)cnc4C)nn3)c2)CC1. The monoisotopic (exact) mass is 551 g/mol. The van der Waals surface area contributed by atoms with Crippen LogP contribution in [0.4, 0.5) is 18.9 Å². The molecule has 5 rings (SSSR count). The van der Waals surface area contributed by atoms with Crippen LogP contribution in [-0.2, 0) is 6.42 Å². The fraction of sp³-hybridized carbons (Fsp3) is 0.321. The summed E-state index contributed by atoms with van der Waals surface area (Å²) >= 11 is 0. The van der Waals surface area contributed by atoms with E-state index >= 15 is 0 Å². The van der Waals surface area contributed by atoms with E-state index in [2.05, 4.69) is 47.8 Å². The van der Waals surface area contributed by atoms with Gasteiger partial charge in [-0.1, -0.05) is 24.3 Å². The van der Waals surface area contributed by atoms with Gasteiger partial charge in [0, 0.05) is 56.1 Å². The number of hydrogen-bond acceptors (Lipinski definition) is 8. The number of pyridine rings is 2. The van der Waals surface area contributed by atoms with Gasteiger partial charge in [-0.15, -0.1) is 18.3 Å². The maximum atomic E-state index is 12.8. The molecule has 1 aliphatic heterocycles. The first-order valence-corrected chi connectivity index (χ1v) is 12.9. The predicted molar refractivity (Wildman–Crippen MR) is 143 cm³/mol. The van der Waals surface area contributed by atoms with Crippen LogP contribution >= 0.6 is 0 Å². The van der Waals surface area contributed by atoms with Gasteiger partial charge in [0.2, 0.25) is 0 Å². The zero-order valence-corrected chi connectivity index (χ0v) is 22.1. The molecule has 0 unspecified atom stereocenters. The number of halogens is 3. The van der Waals surface area contributed by atoms with Crippen LogP contribution in [0, 0.1) is 6.92 Å². The number of anilines is 1. The molecule has 1 aromatic carbocycles. The molecule has 4 heterocycles. The molecule has 0 bridgehead atoms. The molecule has 0 atom stereocenters. The third-order valence-electron chi connectivity index (χ3n) is 6.82. The molecule has 1 fully saturated rings. The van der Waals surface area contributed by atoms with Crippen molar-refractivity contribution in [1.29, 1.82) is 0 Å². The van der Waals surface area contributed by atoms with Crippen molar-refractivity contribution in [3.8, 4) is 22.7 Å². The first-order chi connectivity index (χ1) is 19.2. The Morgan fingerprint density at radius 3 is 2.60 bits per heavy atom. The molecule has 0 spiro atoms. The van der Waals surface area contributed by atoms with Crippen LogP contribution in [0.3, 0.4) is 0 Å². The maximum Gasteiger partial charge on any atom is 0.573 e. The number of carbonyl (C=O) groups is 1. The van der Waals surface area contributed by atoms with Gasteiger partial charge >= 0.3 is 6.36 Å². The van der Waals surface area contributed by atoms with Crippen LogP contribution in [0.5, 0.6) is 5.75 Å². The van der Waals surface area contributed by atoms with Crippen molar-refractivity contribution in [2.24, 2.45) is 0 Å². The Morgan fingerprint density at radius 1 is 1.05 bits per heavy atom.